The SMILES string of the molecule is CSC1=C(SC)SC(=C2SC3=C(SC(=C4SC5=C(OCCO5)S4)S3)S2)S1. The van der Waals surface area contributed by atoms with Crippen LogP contribution in [0.5, 0.6) is 0 Å². The summed E-state index contributed by atoms with van der Waals surface area (Å²) < 4.78 is 22.7. The van der Waals surface area contributed by atoms with E-state index in [0.29, 0.717) is 13.2 Å². The van der Waals surface area contributed by atoms with Crippen molar-refractivity contribution in [3.63, 3.8) is 0 Å². The van der Waals surface area contributed by atoms with Gasteiger partial charge in [0.05, 0.1) is 33.9 Å². The Kier molecular flexibility index (Phi) is 6.46. The van der Waals surface area contributed by atoms with Crippen molar-refractivity contribution in [3.05, 3.63) is 44.1 Å². The van der Waals surface area contributed by atoms with Gasteiger partial charge in [-0.25, -0.2) is 0 Å². The number of thioether (sulfide) groups is 10. The lowest BCUT2D eigenvalue weighted by atomic mass is 10.7. The van der Waals surface area contributed by atoms with Crippen LogP contribution in [0.3, 0.4) is 0 Å². The molecule has 5 aliphatic rings. The van der Waals surface area contributed by atoms with Crippen molar-refractivity contribution in [2.24, 2.45) is 0 Å². The highest BCUT2D eigenvalue weighted by molar-refractivity contribution is 8.50. The Balaban J connectivity index is 1.27. The first-order valence-corrected chi connectivity index (χ1v) is 16.2. The van der Waals surface area contributed by atoms with E-state index >= 15 is 0 Å². The third kappa shape index (κ3) is 3.78. The molecule has 12 heteroatoms. The molecule has 5 rings (SSSR count). The molecule has 0 aromatic carbocycles. The van der Waals surface area contributed by atoms with Crippen LogP contribution in [0.4, 0.5) is 0 Å². The highest BCUT2D eigenvalue weighted by Gasteiger charge is 2.38. The molecule has 0 amide bonds. The van der Waals surface area contributed by atoms with Gasteiger partial charge >= 0.3 is 0 Å². The summed E-state index contributed by atoms with van der Waals surface area (Å²) in [4.78, 5) is 0. The predicted octanol–water partition coefficient (Wildman–Crippen LogP) is 8.31. The zero-order chi connectivity index (χ0) is 17.7. The molecule has 0 aliphatic carbocycles. The molecule has 5 heterocycles. The maximum absolute atomic E-state index is 5.71. The van der Waals surface area contributed by atoms with Gasteiger partial charge in [-0.3, -0.25) is 0 Å². The second-order valence-corrected chi connectivity index (χ2v) is 16.6. The smallest absolute Gasteiger partial charge is 0.208 e. The first-order chi connectivity index (χ1) is 12.7. The minimum atomic E-state index is 0.659. The van der Waals surface area contributed by atoms with Gasteiger partial charge in [0.15, 0.2) is 0 Å². The second kappa shape index (κ2) is 8.50. The minimum absolute atomic E-state index is 0.659. The predicted molar refractivity (Wildman–Crippen MR) is 135 cm³/mol. The highest BCUT2D eigenvalue weighted by atomic mass is 32.3. The van der Waals surface area contributed by atoms with Gasteiger partial charge in [0.2, 0.25) is 10.2 Å². The fourth-order valence-corrected chi connectivity index (χ4v) is 16.4. The second-order valence-electron chi connectivity index (χ2n) is 4.80. The summed E-state index contributed by atoms with van der Waals surface area (Å²) >= 11 is 18.7. The topological polar surface area (TPSA) is 18.5 Å². The van der Waals surface area contributed by atoms with Crippen molar-refractivity contribution < 1.29 is 9.47 Å². The Labute approximate surface area is 194 Å². The van der Waals surface area contributed by atoms with Crippen LogP contribution in [-0.2, 0) is 9.47 Å². The van der Waals surface area contributed by atoms with Gasteiger partial charge in [0, 0.05) is 0 Å². The summed E-state index contributed by atoms with van der Waals surface area (Å²) in [5, 5.41) is 1.89. The van der Waals surface area contributed by atoms with E-state index in [9.17, 15) is 0 Å². The Bertz CT molecular complexity index is 729. The largest absolute Gasteiger partial charge is 0.480 e. The normalized spacial score (nSPS) is 25.5. The van der Waals surface area contributed by atoms with Crippen LogP contribution >= 0.6 is 118 Å². The summed E-state index contributed by atoms with van der Waals surface area (Å²) in [6, 6.07) is 0. The van der Waals surface area contributed by atoms with Crippen molar-refractivity contribution in [3.8, 4) is 0 Å². The monoisotopic (exact) mass is 530 g/mol. The van der Waals surface area contributed by atoms with E-state index in [1.165, 1.54) is 33.9 Å². The van der Waals surface area contributed by atoms with Crippen LogP contribution in [0.1, 0.15) is 0 Å². The molecule has 26 heavy (non-hydrogen) atoms. The van der Waals surface area contributed by atoms with E-state index in [-0.39, 0.29) is 0 Å². The van der Waals surface area contributed by atoms with Gasteiger partial charge < -0.3 is 9.47 Å². The standard InChI is InChI=1S/C14H10O2S10/c1-17-7-8(18-2)22-11(21-7)12-25-13-14(26-12)24-10(23-13)9-19-5-6(20-9)16-4-3-15-5/h3-4H2,1-2H3. The van der Waals surface area contributed by atoms with Crippen molar-refractivity contribution in [2.45, 2.75) is 0 Å². The molecule has 0 atom stereocenters. The van der Waals surface area contributed by atoms with Gasteiger partial charge in [-0.15, -0.1) is 23.5 Å². The lowest BCUT2D eigenvalue weighted by Gasteiger charge is -2.13. The lowest BCUT2D eigenvalue weighted by molar-refractivity contribution is 0.0949. The molecule has 0 aromatic rings. The molecule has 2 nitrogen and oxygen atoms in total. The van der Waals surface area contributed by atoms with E-state index in [2.05, 4.69) is 12.5 Å². The minimum Gasteiger partial charge on any atom is -0.480 e. The summed E-state index contributed by atoms with van der Waals surface area (Å²) in [6.07, 6.45) is 4.34. The van der Waals surface area contributed by atoms with Crippen molar-refractivity contribution in [2.75, 3.05) is 25.7 Å². The third-order valence-electron chi connectivity index (χ3n) is 3.24. The maximum atomic E-state index is 5.71. The first-order valence-electron chi connectivity index (χ1n) is 7.23. The van der Waals surface area contributed by atoms with Gasteiger partial charge in [-0.2, -0.15) is 0 Å². The number of ether oxygens (including phenoxy) is 2. The van der Waals surface area contributed by atoms with Gasteiger partial charge in [0.25, 0.3) is 0 Å². The molecular formula is C14H10O2S10. The molecule has 0 aromatic heterocycles. The van der Waals surface area contributed by atoms with Crippen molar-refractivity contribution in [1.82, 2.24) is 0 Å². The van der Waals surface area contributed by atoms with Gasteiger partial charge in [-0.1, -0.05) is 70.6 Å². The fourth-order valence-electron chi connectivity index (χ4n) is 2.16. The molecule has 0 bridgehead atoms. The summed E-state index contributed by atoms with van der Waals surface area (Å²) in [5.41, 5.74) is 0. The van der Waals surface area contributed by atoms with E-state index in [1.54, 1.807) is 23.5 Å². The third-order valence-corrected chi connectivity index (χ3v) is 17.5. The van der Waals surface area contributed by atoms with Crippen molar-refractivity contribution in [1.29, 1.82) is 0 Å². The van der Waals surface area contributed by atoms with Crippen LogP contribution in [-0.4, -0.2) is 25.7 Å². The Morgan fingerprint density at radius 2 is 0.885 bits per heavy atom. The molecule has 0 unspecified atom stereocenters. The quantitative estimate of drug-likeness (QED) is 0.342. The van der Waals surface area contributed by atoms with Crippen LogP contribution < -0.4 is 0 Å². The Morgan fingerprint density at radius 1 is 0.538 bits per heavy atom. The highest BCUT2D eigenvalue weighted by Crippen LogP contribution is 2.72. The van der Waals surface area contributed by atoms with E-state index in [0.717, 1.165) is 10.2 Å². The first kappa shape index (κ1) is 19.7. The van der Waals surface area contributed by atoms with Crippen LogP contribution in [0, 0.1) is 0 Å². The van der Waals surface area contributed by atoms with Gasteiger partial charge in [-0.05, 0) is 36.0 Å². The molecule has 0 spiro atoms. The Morgan fingerprint density at radius 3 is 1.27 bits per heavy atom. The molecule has 0 fully saturated rings. The summed E-state index contributed by atoms with van der Waals surface area (Å²) in [7, 11) is 0. The number of rotatable bonds is 2. The molecular weight excluding hydrogens is 521 g/mol. The average molecular weight is 531 g/mol. The van der Waals surface area contributed by atoms with E-state index in [1.807, 2.05) is 94.1 Å². The zero-order valence-corrected chi connectivity index (χ0v) is 21.5. The fraction of sp³-hybridized carbons (Fsp3) is 0.286. The molecule has 0 saturated carbocycles. The zero-order valence-electron chi connectivity index (χ0n) is 13.3. The Hall–Kier alpha value is 1.80. The molecule has 5 aliphatic heterocycles. The van der Waals surface area contributed by atoms with Crippen molar-refractivity contribution >= 4 is 118 Å². The summed E-state index contributed by atoms with van der Waals surface area (Å²) in [6.45, 7) is 1.32. The van der Waals surface area contributed by atoms with Crippen LogP contribution in [0.25, 0.3) is 0 Å². The molecule has 0 N–H and O–H groups in total. The molecule has 0 saturated heterocycles. The number of hydrogen-bond acceptors (Lipinski definition) is 12. The van der Waals surface area contributed by atoms with E-state index < -0.39 is 0 Å². The van der Waals surface area contributed by atoms with Crippen LogP contribution in [0.15, 0.2) is 44.1 Å². The molecule has 138 valence electrons. The average Bonchev–Trinajstić information content (AvgIpc) is 3.39. The maximum Gasteiger partial charge on any atom is 0.208 e. The summed E-state index contributed by atoms with van der Waals surface area (Å²) in [5.74, 6) is 0. The lowest BCUT2D eigenvalue weighted by Crippen LogP contribution is -2.08. The molecule has 0 radical (unpaired) electrons. The van der Waals surface area contributed by atoms with Gasteiger partial charge in [0.1, 0.15) is 13.2 Å². The van der Waals surface area contributed by atoms with Crippen LogP contribution in [0.2, 0.25) is 0 Å². The van der Waals surface area contributed by atoms with E-state index in [4.69, 9.17) is 9.47 Å². The number of hydrogen-bond donors (Lipinski definition) is 0.